The molecule has 0 spiro atoms. The highest BCUT2D eigenvalue weighted by Gasteiger charge is 2.36. The monoisotopic (exact) mass is 556 g/mol. The molecule has 2 unspecified atom stereocenters. The van der Waals surface area contributed by atoms with E-state index >= 15 is 0 Å². The number of anilines is 2. The Hall–Kier alpha value is -3.80. The number of methoxy groups -OCH3 is 1. The Morgan fingerprint density at radius 2 is 1.73 bits per heavy atom. The van der Waals surface area contributed by atoms with Gasteiger partial charge >= 0.3 is 0 Å². The normalized spacial score (nSPS) is 19.9. The summed E-state index contributed by atoms with van der Waals surface area (Å²) in [5.41, 5.74) is 18.9. The predicted octanol–water partition coefficient (Wildman–Crippen LogP) is 2.56. The molecule has 0 aromatic heterocycles. The van der Waals surface area contributed by atoms with Gasteiger partial charge in [0.15, 0.2) is 0 Å². The fraction of sp³-hybridized carbons (Fsp3) is 0.355. The summed E-state index contributed by atoms with van der Waals surface area (Å²) < 4.78 is 5.08. The van der Waals surface area contributed by atoms with Gasteiger partial charge in [-0.25, -0.2) is 0 Å². The maximum absolute atomic E-state index is 11.1. The van der Waals surface area contributed by atoms with E-state index in [1.807, 2.05) is 79.8 Å². The number of benzene rings is 3. The molecular formula is C31H40N8O2. The van der Waals surface area contributed by atoms with E-state index in [4.69, 9.17) is 26.6 Å². The van der Waals surface area contributed by atoms with Crippen molar-refractivity contribution in [3.8, 4) is 0 Å². The lowest BCUT2D eigenvalue weighted by molar-refractivity contribution is 0.0514. The zero-order valence-electron chi connectivity index (χ0n) is 23.9. The summed E-state index contributed by atoms with van der Waals surface area (Å²) in [6.45, 7) is 4.06. The quantitative estimate of drug-likeness (QED) is 0.162. The molecule has 0 saturated carbocycles. The smallest absolute Gasteiger partial charge is 0.212 e. The van der Waals surface area contributed by atoms with Crippen molar-refractivity contribution < 1.29 is 9.84 Å². The lowest BCUT2D eigenvalue weighted by Crippen LogP contribution is -2.71. The van der Waals surface area contributed by atoms with Crippen LogP contribution in [0.4, 0.5) is 17.1 Å². The second-order valence-electron chi connectivity index (χ2n) is 10.9. The first-order valence-electron chi connectivity index (χ1n) is 13.8. The van der Waals surface area contributed by atoms with Gasteiger partial charge in [0.05, 0.1) is 31.0 Å². The van der Waals surface area contributed by atoms with Gasteiger partial charge in [0, 0.05) is 50.2 Å². The van der Waals surface area contributed by atoms with Crippen LogP contribution in [-0.2, 0) is 4.74 Å². The maximum Gasteiger partial charge on any atom is 0.212 e. The van der Waals surface area contributed by atoms with E-state index in [1.54, 1.807) is 0 Å². The van der Waals surface area contributed by atoms with Crippen LogP contribution >= 0.6 is 0 Å². The first-order valence-corrected chi connectivity index (χ1v) is 13.8. The lowest BCUT2D eigenvalue weighted by Gasteiger charge is -2.44. The number of aliphatic imine (C=N–C) groups is 1. The minimum absolute atomic E-state index is 0.0691. The maximum atomic E-state index is 11.1. The Kier molecular flexibility index (Phi) is 8.39. The van der Waals surface area contributed by atoms with E-state index < -0.39 is 17.9 Å². The molecule has 1 fully saturated rings. The zero-order valence-corrected chi connectivity index (χ0v) is 23.9. The molecule has 1 saturated heterocycles. The second-order valence-corrected chi connectivity index (χ2v) is 10.9. The SMILES string of the molecule is COC(=N)c1ccc2c(c1)NC(O)C2C(=Nc1ccc(N(C)CC(N)(N)N2CCN(C)CC2)cc1)c1ccccc1. The van der Waals surface area contributed by atoms with Gasteiger partial charge in [-0.15, -0.1) is 0 Å². The van der Waals surface area contributed by atoms with Crippen molar-refractivity contribution in [3.05, 3.63) is 89.5 Å². The summed E-state index contributed by atoms with van der Waals surface area (Å²) in [4.78, 5) is 11.6. The van der Waals surface area contributed by atoms with Gasteiger partial charge in [0.1, 0.15) is 12.0 Å². The first kappa shape index (κ1) is 28.7. The van der Waals surface area contributed by atoms with Crippen molar-refractivity contribution in [2.24, 2.45) is 16.5 Å². The minimum atomic E-state index is -0.937. The lowest BCUT2D eigenvalue weighted by atomic mass is 9.89. The Labute approximate surface area is 241 Å². The number of ether oxygens (including phenoxy) is 1. The molecule has 2 aliphatic heterocycles. The third-order valence-corrected chi connectivity index (χ3v) is 7.96. The Morgan fingerprint density at radius 1 is 1.05 bits per heavy atom. The van der Waals surface area contributed by atoms with Crippen LogP contribution in [0, 0.1) is 5.41 Å². The van der Waals surface area contributed by atoms with E-state index in [0.717, 1.165) is 60.1 Å². The van der Waals surface area contributed by atoms with Gasteiger partial charge in [-0.1, -0.05) is 36.4 Å². The highest BCUT2D eigenvalue weighted by atomic mass is 16.5. The zero-order chi connectivity index (χ0) is 29.1. The second kappa shape index (κ2) is 12.0. The van der Waals surface area contributed by atoms with Crippen molar-refractivity contribution >= 4 is 28.7 Å². The molecule has 10 heteroatoms. The number of nitrogens with zero attached hydrogens (tertiary/aromatic N) is 4. The molecule has 0 aliphatic carbocycles. The summed E-state index contributed by atoms with van der Waals surface area (Å²) in [7, 11) is 5.58. The summed E-state index contributed by atoms with van der Waals surface area (Å²) in [6, 6.07) is 23.5. The molecule has 2 atom stereocenters. The van der Waals surface area contributed by atoms with Gasteiger partial charge in [0.25, 0.3) is 0 Å². The summed E-state index contributed by atoms with van der Waals surface area (Å²) in [6.07, 6.45) is -0.877. The topological polar surface area (TPSA) is 139 Å². The summed E-state index contributed by atoms with van der Waals surface area (Å²) in [5.74, 6) is -1.27. The molecule has 0 bridgehead atoms. The minimum Gasteiger partial charge on any atom is -0.481 e. The number of likely N-dealkylation sites (N-methyl/N-ethyl adjacent to an activating group) is 2. The van der Waals surface area contributed by atoms with Gasteiger partial charge in [-0.2, -0.15) is 0 Å². The van der Waals surface area contributed by atoms with Crippen molar-refractivity contribution in [2.75, 3.05) is 64.1 Å². The Bertz CT molecular complexity index is 1380. The molecule has 5 rings (SSSR count). The van der Waals surface area contributed by atoms with Crippen molar-refractivity contribution in [1.82, 2.24) is 9.80 Å². The number of rotatable bonds is 8. The molecule has 3 aromatic rings. The summed E-state index contributed by atoms with van der Waals surface area (Å²) in [5, 5.41) is 22.3. The molecule has 41 heavy (non-hydrogen) atoms. The van der Waals surface area contributed by atoms with E-state index in [1.165, 1.54) is 7.11 Å². The van der Waals surface area contributed by atoms with Crippen molar-refractivity contribution in [2.45, 2.75) is 17.9 Å². The van der Waals surface area contributed by atoms with Crippen LogP contribution in [0.25, 0.3) is 0 Å². The molecule has 7 N–H and O–H groups in total. The van der Waals surface area contributed by atoms with E-state index in [-0.39, 0.29) is 5.90 Å². The average molecular weight is 557 g/mol. The van der Waals surface area contributed by atoms with Gasteiger partial charge < -0.3 is 25.0 Å². The predicted molar refractivity (Wildman–Crippen MR) is 165 cm³/mol. The number of nitrogens with two attached hydrogens (primary N) is 2. The third kappa shape index (κ3) is 6.27. The fourth-order valence-corrected chi connectivity index (χ4v) is 5.56. The van der Waals surface area contributed by atoms with E-state index in [9.17, 15) is 5.11 Å². The van der Waals surface area contributed by atoms with Crippen LogP contribution in [-0.4, -0.2) is 92.5 Å². The van der Waals surface area contributed by atoms with Crippen LogP contribution < -0.4 is 21.7 Å². The van der Waals surface area contributed by atoms with Crippen molar-refractivity contribution in [3.63, 3.8) is 0 Å². The third-order valence-electron chi connectivity index (χ3n) is 7.96. The van der Waals surface area contributed by atoms with E-state index in [2.05, 4.69) is 27.1 Å². The van der Waals surface area contributed by atoms with Gasteiger partial charge in [0.2, 0.25) is 5.90 Å². The van der Waals surface area contributed by atoms with Crippen LogP contribution in [0.5, 0.6) is 0 Å². The molecule has 0 amide bonds. The molecule has 216 valence electrons. The number of hydrogen-bond acceptors (Lipinski definition) is 10. The molecule has 10 nitrogen and oxygen atoms in total. The van der Waals surface area contributed by atoms with Crippen molar-refractivity contribution in [1.29, 1.82) is 5.41 Å². The standard InChI is InChI=1S/C31H40N8O2/c1-37-15-17-39(18-16-37)31(33,34)20-38(2)24-12-10-23(11-13-24)35-28(21-7-5-4-6-8-21)27-25-14-9-22(29(32)41-3)19-26(25)36-30(27)40/h4-14,19,27,30,32,36,40H,15-18,20,33-34H2,1-3H3. The van der Waals surface area contributed by atoms with Gasteiger partial charge in [-0.3, -0.25) is 26.8 Å². The Morgan fingerprint density at radius 3 is 2.39 bits per heavy atom. The number of fused-ring (bicyclic) bond motifs is 1. The molecule has 2 heterocycles. The Balaban J connectivity index is 1.40. The highest BCUT2D eigenvalue weighted by molar-refractivity contribution is 6.08. The number of nitrogens with one attached hydrogen (secondary N) is 2. The van der Waals surface area contributed by atoms with E-state index in [0.29, 0.717) is 12.1 Å². The van der Waals surface area contributed by atoms with Crippen LogP contribution in [0.15, 0.2) is 77.8 Å². The summed E-state index contributed by atoms with van der Waals surface area (Å²) >= 11 is 0. The number of aliphatic hydroxyl groups is 1. The average Bonchev–Trinajstić information content (AvgIpc) is 3.30. The molecule has 3 aromatic carbocycles. The van der Waals surface area contributed by atoms with Crippen LogP contribution in [0.1, 0.15) is 22.6 Å². The molecule has 0 radical (unpaired) electrons. The number of aliphatic hydroxyl groups excluding tert-OH is 1. The van der Waals surface area contributed by atoms with Crippen LogP contribution in [0.3, 0.4) is 0 Å². The first-order chi connectivity index (χ1) is 19.7. The largest absolute Gasteiger partial charge is 0.481 e. The number of piperazine rings is 1. The van der Waals surface area contributed by atoms with Crippen LogP contribution in [0.2, 0.25) is 0 Å². The highest BCUT2D eigenvalue weighted by Crippen LogP contribution is 2.39. The fourth-order valence-electron chi connectivity index (χ4n) is 5.56. The molecular weight excluding hydrogens is 516 g/mol. The number of hydrogen-bond donors (Lipinski definition) is 5. The van der Waals surface area contributed by atoms with Gasteiger partial charge in [-0.05, 0) is 54.6 Å². The molecule has 2 aliphatic rings.